The van der Waals surface area contributed by atoms with Gasteiger partial charge in [0.25, 0.3) is 0 Å². The molecule has 1 saturated heterocycles. The van der Waals surface area contributed by atoms with Crippen molar-refractivity contribution in [2.45, 2.75) is 55.5 Å². The summed E-state index contributed by atoms with van der Waals surface area (Å²) in [7, 11) is -1.16. The first kappa shape index (κ1) is 20.5. The molecule has 2 heterocycles. The molecule has 5 rings (SSSR count). The van der Waals surface area contributed by atoms with Gasteiger partial charge in [-0.25, -0.2) is 8.93 Å². The summed E-state index contributed by atoms with van der Waals surface area (Å²) >= 11 is 0. The maximum Gasteiger partial charge on any atom is 0.240 e. The lowest BCUT2D eigenvalue weighted by atomic mass is 9.94. The van der Waals surface area contributed by atoms with Crippen molar-refractivity contribution in [3.05, 3.63) is 77.4 Å². The second-order valence-corrected chi connectivity index (χ2v) is 9.95. The molecule has 2 fully saturated rings. The van der Waals surface area contributed by atoms with Gasteiger partial charge in [0, 0.05) is 19.1 Å². The zero-order chi connectivity index (χ0) is 21.3. The topological polar surface area (TPSA) is 71.3 Å². The number of hydrogen-bond donors (Lipinski definition) is 1. The summed E-state index contributed by atoms with van der Waals surface area (Å²) in [5.41, 5.74) is 2.48. The number of nitrogens with one attached hydrogen (secondary N) is 1. The highest BCUT2D eigenvalue weighted by Gasteiger charge is 2.50. The number of aryl methyl sites for hydroxylation is 1. The van der Waals surface area contributed by atoms with Gasteiger partial charge in [0.2, 0.25) is 5.89 Å². The van der Waals surface area contributed by atoms with Crippen LogP contribution in [0.3, 0.4) is 0 Å². The molecule has 7 heteroatoms. The van der Waals surface area contributed by atoms with Crippen molar-refractivity contribution in [3.8, 4) is 0 Å². The third-order valence-electron chi connectivity index (χ3n) is 6.43. The lowest BCUT2D eigenvalue weighted by Gasteiger charge is -2.31. The Morgan fingerprint density at radius 1 is 1.10 bits per heavy atom. The van der Waals surface area contributed by atoms with Crippen molar-refractivity contribution >= 4 is 11.0 Å². The molecule has 0 spiro atoms. The summed E-state index contributed by atoms with van der Waals surface area (Å²) in [6, 6.07) is 18.5. The molecule has 6 nitrogen and oxygen atoms in total. The van der Waals surface area contributed by atoms with Gasteiger partial charge in [-0.15, -0.1) is 0 Å². The number of rotatable bonds is 7. The van der Waals surface area contributed by atoms with Gasteiger partial charge in [0.05, 0.1) is 16.9 Å². The highest BCUT2D eigenvalue weighted by Crippen LogP contribution is 2.52. The summed E-state index contributed by atoms with van der Waals surface area (Å²) in [5, 5.41) is 4.34. The van der Waals surface area contributed by atoms with Crippen molar-refractivity contribution < 1.29 is 8.73 Å². The predicted molar refractivity (Wildman–Crippen MR) is 120 cm³/mol. The minimum Gasteiger partial charge on any atom is -0.338 e. The molecule has 1 aliphatic heterocycles. The van der Waals surface area contributed by atoms with Gasteiger partial charge in [-0.05, 0) is 50.3 Å². The van der Waals surface area contributed by atoms with Gasteiger partial charge in [0.15, 0.2) is 5.82 Å². The van der Waals surface area contributed by atoms with Crippen molar-refractivity contribution in [2.24, 2.45) is 0 Å². The van der Waals surface area contributed by atoms with Crippen molar-refractivity contribution in [3.63, 3.8) is 0 Å². The van der Waals surface area contributed by atoms with Crippen molar-refractivity contribution in [1.82, 2.24) is 19.8 Å². The molecule has 0 radical (unpaired) electrons. The maximum atomic E-state index is 12.5. The van der Waals surface area contributed by atoms with Crippen LogP contribution in [0.2, 0.25) is 0 Å². The molecular weight excluding hydrogens is 408 g/mol. The molecule has 162 valence electrons. The van der Waals surface area contributed by atoms with Gasteiger partial charge in [-0.1, -0.05) is 53.2 Å². The summed E-state index contributed by atoms with van der Waals surface area (Å²) in [6.45, 7) is 4.62. The van der Waals surface area contributed by atoms with E-state index in [4.69, 9.17) is 9.51 Å². The van der Waals surface area contributed by atoms with Crippen LogP contribution in [0.1, 0.15) is 48.5 Å². The van der Waals surface area contributed by atoms with Crippen LogP contribution in [0.15, 0.2) is 64.0 Å². The Labute approximate surface area is 185 Å². The van der Waals surface area contributed by atoms with Crippen molar-refractivity contribution in [2.75, 3.05) is 13.1 Å². The molecule has 0 bridgehead atoms. The van der Waals surface area contributed by atoms with Gasteiger partial charge >= 0.3 is 0 Å². The fourth-order valence-electron chi connectivity index (χ4n) is 4.32. The zero-order valence-corrected chi connectivity index (χ0v) is 18.6. The van der Waals surface area contributed by atoms with Crippen LogP contribution in [0.5, 0.6) is 0 Å². The second-order valence-electron chi connectivity index (χ2n) is 8.71. The van der Waals surface area contributed by atoms with Crippen LogP contribution in [0, 0.1) is 6.92 Å². The molecule has 1 saturated carbocycles. The number of piperidine rings is 1. The minimum absolute atomic E-state index is 0.0616. The summed E-state index contributed by atoms with van der Waals surface area (Å²) in [4.78, 5) is 7.93. The van der Waals surface area contributed by atoms with E-state index in [-0.39, 0.29) is 11.5 Å². The van der Waals surface area contributed by atoms with E-state index in [0.717, 1.165) is 49.5 Å². The van der Waals surface area contributed by atoms with E-state index in [1.54, 1.807) is 0 Å². The Hall–Kier alpha value is -2.35. The molecular formula is C24H28N4O2S. The molecule has 1 aliphatic carbocycles. The van der Waals surface area contributed by atoms with E-state index in [1.807, 2.05) is 30.3 Å². The average molecular weight is 437 g/mol. The first-order valence-electron chi connectivity index (χ1n) is 11.0. The molecule has 1 aromatic heterocycles. The summed E-state index contributed by atoms with van der Waals surface area (Å²) < 4.78 is 21.4. The van der Waals surface area contributed by atoms with E-state index in [9.17, 15) is 4.21 Å². The lowest BCUT2D eigenvalue weighted by Crippen LogP contribution is -2.42. The van der Waals surface area contributed by atoms with Crippen LogP contribution in [-0.4, -0.2) is 38.4 Å². The molecule has 3 aromatic rings. The quantitative estimate of drug-likeness (QED) is 0.611. The van der Waals surface area contributed by atoms with Crippen LogP contribution in [0.25, 0.3) is 0 Å². The molecule has 1 unspecified atom stereocenters. The highest BCUT2D eigenvalue weighted by molar-refractivity contribution is 7.83. The molecule has 1 N–H and O–H groups in total. The van der Waals surface area contributed by atoms with E-state index in [1.165, 1.54) is 11.1 Å². The molecule has 2 aliphatic rings. The highest BCUT2D eigenvalue weighted by atomic mass is 32.2. The van der Waals surface area contributed by atoms with E-state index >= 15 is 0 Å². The SMILES string of the molecule is Cc1ccc(C2(c3noc(CN4CCC(NS(=O)c5ccccc5)CC4)n3)CC2)cc1. The number of hydrogen-bond acceptors (Lipinski definition) is 5. The third kappa shape index (κ3) is 4.49. The van der Waals surface area contributed by atoms with Gasteiger partial charge < -0.3 is 4.52 Å². The normalized spacial score (nSPS) is 19.9. The maximum absolute atomic E-state index is 12.5. The van der Waals surface area contributed by atoms with E-state index < -0.39 is 11.0 Å². The largest absolute Gasteiger partial charge is 0.338 e. The second kappa shape index (κ2) is 8.65. The number of aromatic nitrogens is 2. The average Bonchev–Trinajstić information content (AvgIpc) is 3.48. The Balaban J connectivity index is 1.15. The Morgan fingerprint density at radius 2 is 1.81 bits per heavy atom. The summed E-state index contributed by atoms with van der Waals surface area (Å²) in [5.74, 6) is 1.51. The predicted octanol–water partition coefficient (Wildman–Crippen LogP) is 3.73. The Morgan fingerprint density at radius 3 is 2.48 bits per heavy atom. The van der Waals surface area contributed by atoms with E-state index in [0.29, 0.717) is 12.4 Å². The number of benzene rings is 2. The standard InChI is InChI=1S/C24H28N4O2S/c1-18-7-9-19(10-8-18)24(13-14-24)23-25-22(30-26-23)17-28-15-11-20(12-16-28)27-31(29)21-5-3-2-4-6-21/h2-10,20,27H,11-17H2,1H3. The van der Waals surface area contributed by atoms with E-state index in [2.05, 4.69) is 46.0 Å². The molecule has 2 aromatic carbocycles. The Kier molecular flexibility index (Phi) is 5.73. The fraction of sp³-hybridized carbons (Fsp3) is 0.417. The van der Waals surface area contributed by atoms with Crippen molar-refractivity contribution in [1.29, 1.82) is 0 Å². The van der Waals surface area contributed by atoms with Gasteiger partial charge in [-0.3, -0.25) is 4.90 Å². The number of likely N-dealkylation sites (tertiary alicyclic amines) is 1. The van der Waals surface area contributed by atoms with Gasteiger partial charge in [-0.2, -0.15) is 4.98 Å². The first-order valence-corrected chi connectivity index (χ1v) is 12.1. The smallest absolute Gasteiger partial charge is 0.240 e. The van der Waals surface area contributed by atoms with Gasteiger partial charge in [0.1, 0.15) is 11.0 Å². The van der Waals surface area contributed by atoms with Crippen LogP contribution < -0.4 is 4.72 Å². The lowest BCUT2D eigenvalue weighted by molar-refractivity contribution is 0.178. The first-order chi connectivity index (χ1) is 15.1. The van der Waals surface area contributed by atoms with Crippen LogP contribution in [-0.2, 0) is 22.9 Å². The third-order valence-corrected chi connectivity index (χ3v) is 7.68. The zero-order valence-electron chi connectivity index (χ0n) is 17.8. The fourth-order valence-corrected chi connectivity index (χ4v) is 5.40. The Bertz CT molecular complexity index is 1040. The number of nitrogens with zero attached hydrogens (tertiary/aromatic N) is 3. The minimum atomic E-state index is -1.16. The molecule has 0 amide bonds. The molecule has 1 atom stereocenters. The summed E-state index contributed by atoms with van der Waals surface area (Å²) in [6.07, 6.45) is 4.05. The van der Waals surface area contributed by atoms with Crippen LogP contribution >= 0.6 is 0 Å². The van der Waals surface area contributed by atoms with Crippen LogP contribution in [0.4, 0.5) is 0 Å². The molecule has 31 heavy (non-hydrogen) atoms. The monoisotopic (exact) mass is 436 g/mol.